The summed E-state index contributed by atoms with van der Waals surface area (Å²) in [5, 5.41) is 2.73. The molecule has 1 nitrogen and oxygen atoms in total. The predicted molar refractivity (Wildman–Crippen MR) is 75.9 cm³/mol. The fourth-order valence-electron chi connectivity index (χ4n) is 2.15. The van der Waals surface area contributed by atoms with Crippen LogP contribution in [0.5, 0.6) is 0 Å². The Hall–Kier alpha value is -1.40. The van der Waals surface area contributed by atoms with Crippen LogP contribution in [-0.2, 0) is 6.42 Å². The molecule has 0 heterocycles. The van der Waals surface area contributed by atoms with Gasteiger partial charge in [0.05, 0.1) is 0 Å². The molecule has 0 aliphatic heterocycles. The molecule has 0 amide bonds. The molecule has 0 aliphatic rings. The Labute approximate surface area is 128 Å². The molecule has 0 spiro atoms. The number of hydrogen-bond donors (Lipinski definition) is 1. The highest BCUT2D eigenvalue weighted by Crippen LogP contribution is 2.28. The third-order valence-corrected chi connectivity index (χ3v) is 3.63. The van der Waals surface area contributed by atoms with E-state index in [-0.39, 0.29) is 22.0 Å². The van der Waals surface area contributed by atoms with E-state index in [1.54, 1.807) is 0 Å². The van der Waals surface area contributed by atoms with Gasteiger partial charge >= 0.3 is 0 Å². The van der Waals surface area contributed by atoms with Gasteiger partial charge in [-0.2, -0.15) is 0 Å². The highest BCUT2D eigenvalue weighted by atomic mass is 79.9. The van der Waals surface area contributed by atoms with E-state index in [1.165, 1.54) is 7.05 Å². The first-order valence-electron chi connectivity index (χ1n) is 6.18. The number of benzene rings is 2. The lowest BCUT2D eigenvalue weighted by atomic mass is 9.97. The zero-order valence-electron chi connectivity index (χ0n) is 11.1. The second-order valence-electron chi connectivity index (χ2n) is 4.56. The molecule has 1 atom stereocenters. The van der Waals surface area contributed by atoms with Crippen LogP contribution in [0, 0.1) is 23.3 Å². The fourth-order valence-corrected chi connectivity index (χ4v) is 2.56. The molecule has 0 aromatic heterocycles. The lowest BCUT2D eigenvalue weighted by Crippen LogP contribution is -2.22. The highest BCUT2D eigenvalue weighted by molar-refractivity contribution is 9.10. The van der Waals surface area contributed by atoms with Crippen molar-refractivity contribution < 1.29 is 17.6 Å². The van der Waals surface area contributed by atoms with Gasteiger partial charge in [0.1, 0.15) is 23.3 Å². The number of likely N-dealkylation sites (N-methyl/N-ethyl adjacent to an activating group) is 1. The quantitative estimate of drug-likeness (QED) is 0.790. The molecule has 0 aliphatic carbocycles. The van der Waals surface area contributed by atoms with Crippen LogP contribution in [0.1, 0.15) is 17.2 Å². The molecule has 1 unspecified atom stereocenters. The van der Waals surface area contributed by atoms with Crippen molar-refractivity contribution in [1.29, 1.82) is 0 Å². The minimum Gasteiger partial charge on any atom is -0.313 e. The van der Waals surface area contributed by atoms with Crippen molar-refractivity contribution in [2.24, 2.45) is 0 Å². The van der Waals surface area contributed by atoms with Crippen LogP contribution in [0.2, 0.25) is 0 Å². The van der Waals surface area contributed by atoms with E-state index in [1.807, 2.05) is 0 Å². The summed E-state index contributed by atoms with van der Waals surface area (Å²) in [4.78, 5) is 0. The van der Waals surface area contributed by atoms with Gasteiger partial charge < -0.3 is 5.32 Å². The summed E-state index contributed by atoms with van der Waals surface area (Å²) in [5.41, 5.74) is -0.152. The average Bonchev–Trinajstić information content (AvgIpc) is 2.40. The molecular formula is C15H12BrF4N. The Morgan fingerprint density at radius 1 is 1.00 bits per heavy atom. The van der Waals surface area contributed by atoms with E-state index >= 15 is 0 Å². The van der Waals surface area contributed by atoms with E-state index < -0.39 is 29.3 Å². The largest absolute Gasteiger partial charge is 0.313 e. The normalized spacial score (nSPS) is 12.5. The fraction of sp³-hybridized carbons (Fsp3) is 0.200. The third kappa shape index (κ3) is 3.63. The van der Waals surface area contributed by atoms with Crippen molar-refractivity contribution in [2.75, 3.05) is 7.05 Å². The molecular weight excluding hydrogens is 350 g/mol. The molecule has 21 heavy (non-hydrogen) atoms. The van der Waals surface area contributed by atoms with Gasteiger partial charge in [0.15, 0.2) is 0 Å². The zero-order valence-corrected chi connectivity index (χ0v) is 12.6. The standard InChI is InChI=1S/C15H12BrF4N/c1-21-14(5-8-4-10(17)2-3-11(8)18)15-12(19)6-9(16)7-13(15)20/h2-4,6-7,14,21H,5H2,1H3. The number of hydrogen-bond acceptors (Lipinski definition) is 1. The highest BCUT2D eigenvalue weighted by Gasteiger charge is 2.21. The summed E-state index contributed by atoms with van der Waals surface area (Å²) < 4.78 is 55.0. The second-order valence-corrected chi connectivity index (χ2v) is 5.48. The molecule has 2 aromatic rings. The minimum absolute atomic E-state index is 0.0519. The number of rotatable bonds is 4. The van der Waals surface area contributed by atoms with Crippen LogP contribution in [0.4, 0.5) is 17.6 Å². The van der Waals surface area contributed by atoms with Crippen molar-refractivity contribution >= 4 is 15.9 Å². The van der Waals surface area contributed by atoms with Crippen LogP contribution >= 0.6 is 15.9 Å². The van der Waals surface area contributed by atoms with Gasteiger partial charge in [0, 0.05) is 16.1 Å². The molecule has 6 heteroatoms. The average molecular weight is 362 g/mol. The molecule has 1 N–H and O–H groups in total. The van der Waals surface area contributed by atoms with Crippen molar-refractivity contribution in [3.8, 4) is 0 Å². The lowest BCUT2D eigenvalue weighted by molar-refractivity contribution is 0.479. The van der Waals surface area contributed by atoms with E-state index in [9.17, 15) is 17.6 Å². The summed E-state index contributed by atoms with van der Waals surface area (Å²) in [6.45, 7) is 0. The van der Waals surface area contributed by atoms with Crippen LogP contribution < -0.4 is 5.32 Å². The van der Waals surface area contributed by atoms with Crippen LogP contribution in [0.25, 0.3) is 0 Å². The summed E-state index contributed by atoms with van der Waals surface area (Å²) in [5.74, 6) is -2.72. The molecule has 2 rings (SSSR count). The zero-order chi connectivity index (χ0) is 15.6. The van der Waals surface area contributed by atoms with Crippen LogP contribution in [0.15, 0.2) is 34.8 Å². The Kier molecular flexibility index (Phi) is 5.00. The Morgan fingerprint density at radius 2 is 1.62 bits per heavy atom. The molecule has 0 saturated heterocycles. The van der Waals surface area contributed by atoms with Crippen molar-refractivity contribution in [3.63, 3.8) is 0 Å². The third-order valence-electron chi connectivity index (χ3n) is 3.17. The van der Waals surface area contributed by atoms with E-state index in [2.05, 4.69) is 21.2 Å². The topological polar surface area (TPSA) is 12.0 Å². The van der Waals surface area contributed by atoms with Gasteiger partial charge in [-0.3, -0.25) is 0 Å². The first-order valence-corrected chi connectivity index (χ1v) is 6.97. The molecule has 112 valence electrons. The van der Waals surface area contributed by atoms with E-state index in [0.717, 1.165) is 30.3 Å². The monoisotopic (exact) mass is 361 g/mol. The SMILES string of the molecule is CNC(Cc1cc(F)ccc1F)c1c(F)cc(Br)cc1F. The summed E-state index contributed by atoms with van der Waals surface area (Å²) in [7, 11) is 1.50. The van der Waals surface area contributed by atoms with Crippen molar-refractivity contribution in [3.05, 3.63) is 69.2 Å². The van der Waals surface area contributed by atoms with Crippen LogP contribution in [-0.4, -0.2) is 7.05 Å². The maximum atomic E-state index is 14.0. The van der Waals surface area contributed by atoms with E-state index in [4.69, 9.17) is 0 Å². The minimum atomic E-state index is -0.811. The molecule has 0 bridgehead atoms. The Bertz CT molecular complexity index is 637. The Balaban J connectivity index is 2.39. The molecule has 0 radical (unpaired) electrons. The van der Waals surface area contributed by atoms with Gasteiger partial charge in [-0.05, 0) is 49.4 Å². The maximum Gasteiger partial charge on any atom is 0.132 e. The predicted octanol–water partition coefficient (Wildman–Crippen LogP) is 4.51. The molecule has 0 saturated carbocycles. The smallest absolute Gasteiger partial charge is 0.132 e. The summed E-state index contributed by atoms with van der Waals surface area (Å²) in [6.07, 6.45) is -0.0738. The second kappa shape index (κ2) is 6.58. The lowest BCUT2D eigenvalue weighted by Gasteiger charge is -2.19. The Morgan fingerprint density at radius 3 is 2.19 bits per heavy atom. The van der Waals surface area contributed by atoms with Gasteiger partial charge in [-0.25, -0.2) is 17.6 Å². The van der Waals surface area contributed by atoms with Gasteiger partial charge in [0.2, 0.25) is 0 Å². The van der Waals surface area contributed by atoms with Crippen molar-refractivity contribution in [2.45, 2.75) is 12.5 Å². The summed E-state index contributed by atoms with van der Waals surface area (Å²) in [6, 6.07) is 4.46. The van der Waals surface area contributed by atoms with Gasteiger partial charge in [-0.1, -0.05) is 15.9 Å². The number of halogens is 5. The molecule has 0 fully saturated rings. The van der Waals surface area contributed by atoms with E-state index in [0.29, 0.717) is 0 Å². The van der Waals surface area contributed by atoms with Gasteiger partial charge in [-0.15, -0.1) is 0 Å². The first kappa shape index (κ1) is 16.0. The van der Waals surface area contributed by atoms with Gasteiger partial charge in [0.25, 0.3) is 0 Å². The summed E-state index contributed by atoms with van der Waals surface area (Å²) >= 11 is 3.00. The number of nitrogens with one attached hydrogen (secondary N) is 1. The van der Waals surface area contributed by atoms with Crippen molar-refractivity contribution in [1.82, 2.24) is 5.32 Å². The molecule has 2 aromatic carbocycles. The van der Waals surface area contributed by atoms with Crippen LogP contribution in [0.3, 0.4) is 0 Å². The first-order chi connectivity index (χ1) is 9.92. The maximum absolute atomic E-state index is 14.0.